The molecule has 0 fully saturated rings. The fourth-order valence-electron chi connectivity index (χ4n) is 2.28. The fraction of sp³-hybridized carbons (Fsp3) is 0.632. The molecule has 5 heteroatoms. The summed E-state index contributed by atoms with van der Waals surface area (Å²) in [5, 5.41) is 5.97. The third-order valence-corrected chi connectivity index (χ3v) is 3.65. The highest BCUT2D eigenvalue weighted by Crippen LogP contribution is 2.17. The SMILES string of the molecule is CCCCCCCOc1cccc(NCC(=O)NCCCOC)c1. The summed E-state index contributed by atoms with van der Waals surface area (Å²) in [7, 11) is 1.66. The lowest BCUT2D eigenvalue weighted by molar-refractivity contribution is -0.119. The molecule has 1 amide bonds. The van der Waals surface area contributed by atoms with Crippen molar-refractivity contribution in [1.29, 1.82) is 0 Å². The van der Waals surface area contributed by atoms with Crippen LogP contribution < -0.4 is 15.4 Å². The van der Waals surface area contributed by atoms with Crippen LogP contribution in [0.1, 0.15) is 45.4 Å². The van der Waals surface area contributed by atoms with Crippen LogP contribution in [-0.4, -0.2) is 39.3 Å². The summed E-state index contributed by atoms with van der Waals surface area (Å²) < 4.78 is 10.7. The lowest BCUT2D eigenvalue weighted by Gasteiger charge is -2.10. The molecule has 0 spiro atoms. The number of nitrogens with one attached hydrogen (secondary N) is 2. The molecular formula is C19H32N2O3. The summed E-state index contributed by atoms with van der Waals surface area (Å²) in [4.78, 5) is 11.7. The maximum atomic E-state index is 11.7. The van der Waals surface area contributed by atoms with Crippen molar-refractivity contribution in [2.75, 3.05) is 38.7 Å². The molecule has 24 heavy (non-hydrogen) atoms. The first kappa shape index (κ1) is 20.3. The van der Waals surface area contributed by atoms with Gasteiger partial charge in [0.1, 0.15) is 5.75 Å². The Hall–Kier alpha value is -1.75. The normalized spacial score (nSPS) is 10.4. The first-order valence-electron chi connectivity index (χ1n) is 8.98. The highest BCUT2D eigenvalue weighted by molar-refractivity contribution is 5.80. The number of amides is 1. The second kappa shape index (κ2) is 13.7. The van der Waals surface area contributed by atoms with Crippen molar-refractivity contribution in [2.45, 2.75) is 45.4 Å². The van der Waals surface area contributed by atoms with Crippen molar-refractivity contribution in [2.24, 2.45) is 0 Å². The van der Waals surface area contributed by atoms with Crippen LogP contribution >= 0.6 is 0 Å². The predicted octanol–water partition coefficient (Wildman–Crippen LogP) is 3.60. The van der Waals surface area contributed by atoms with Gasteiger partial charge in [-0.15, -0.1) is 0 Å². The van der Waals surface area contributed by atoms with Crippen molar-refractivity contribution in [3.63, 3.8) is 0 Å². The van der Waals surface area contributed by atoms with Crippen LogP contribution in [0.25, 0.3) is 0 Å². The van der Waals surface area contributed by atoms with Gasteiger partial charge in [-0.2, -0.15) is 0 Å². The molecule has 0 saturated heterocycles. The van der Waals surface area contributed by atoms with E-state index in [1.165, 1.54) is 25.7 Å². The summed E-state index contributed by atoms with van der Waals surface area (Å²) >= 11 is 0. The minimum atomic E-state index is -0.0200. The van der Waals surface area contributed by atoms with Crippen LogP contribution in [0.15, 0.2) is 24.3 Å². The molecule has 1 rings (SSSR count). The first-order chi connectivity index (χ1) is 11.8. The summed E-state index contributed by atoms with van der Waals surface area (Å²) in [6.07, 6.45) is 6.96. The number of anilines is 1. The minimum absolute atomic E-state index is 0.0200. The number of carbonyl (C=O) groups is 1. The highest BCUT2D eigenvalue weighted by atomic mass is 16.5. The summed E-state index contributed by atoms with van der Waals surface area (Å²) in [5.41, 5.74) is 0.894. The van der Waals surface area contributed by atoms with E-state index < -0.39 is 0 Å². The van der Waals surface area contributed by atoms with Gasteiger partial charge >= 0.3 is 0 Å². The standard InChI is InChI=1S/C19H32N2O3/c1-3-4-5-6-7-14-24-18-11-8-10-17(15-18)21-16-19(22)20-12-9-13-23-2/h8,10-11,15,21H,3-7,9,12-14,16H2,1-2H3,(H,20,22). The van der Waals surface area contributed by atoms with Crippen LogP contribution in [0.4, 0.5) is 5.69 Å². The monoisotopic (exact) mass is 336 g/mol. The Morgan fingerprint density at radius 3 is 2.71 bits per heavy atom. The maximum Gasteiger partial charge on any atom is 0.239 e. The third-order valence-electron chi connectivity index (χ3n) is 3.65. The molecule has 2 N–H and O–H groups in total. The second-order valence-electron chi connectivity index (χ2n) is 5.84. The third kappa shape index (κ3) is 10.1. The summed E-state index contributed by atoms with van der Waals surface area (Å²) in [5.74, 6) is 0.823. The molecular weight excluding hydrogens is 304 g/mol. The molecule has 1 aromatic rings. The highest BCUT2D eigenvalue weighted by Gasteiger charge is 2.02. The number of benzene rings is 1. The number of unbranched alkanes of at least 4 members (excludes halogenated alkanes) is 4. The van der Waals surface area contributed by atoms with Crippen LogP contribution in [0.3, 0.4) is 0 Å². The van der Waals surface area contributed by atoms with Crippen molar-refractivity contribution in [3.05, 3.63) is 24.3 Å². The van der Waals surface area contributed by atoms with Crippen molar-refractivity contribution in [1.82, 2.24) is 5.32 Å². The maximum absolute atomic E-state index is 11.7. The van der Waals surface area contributed by atoms with E-state index in [0.29, 0.717) is 13.2 Å². The quantitative estimate of drug-likeness (QED) is 0.510. The molecule has 0 atom stereocenters. The van der Waals surface area contributed by atoms with Gasteiger partial charge in [0, 0.05) is 32.0 Å². The van der Waals surface area contributed by atoms with E-state index in [9.17, 15) is 4.79 Å². The number of rotatable bonds is 14. The average Bonchev–Trinajstić information content (AvgIpc) is 2.60. The van der Waals surface area contributed by atoms with Gasteiger partial charge in [-0.1, -0.05) is 38.7 Å². The Bertz CT molecular complexity index is 452. The van der Waals surface area contributed by atoms with E-state index >= 15 is 0 Å². The van der Waals surface area contributed by atoms with E-state index in [0.717, 1.165) is 30.9 Å². The first-order valence-corrected chi connectivity index (χ1v) is 8.98. The number of hydrogen-bond donors (Lipinski definition) is 2. The summed E-state index contributed by atoms with van der Waals surface area (Å²) in [6.45, 7) is 4.51. The Balaban J connectivity index is 2.21. The van der Waals surface area contributed by atoms with E-state index in [-0.39, 0.29) is 12.5 Å². The van der Waals surface area contributed by atoms with Crippen LogP contribution in [0.2, 0.25) is 0 Å². The Kier molecular flexibility index (Phi) is 11.6. The zero-order valence-corrected chi connectivity index (χ0v) is 15.1. The van der Waals surface area contributed by atoms with E-state index in [1.54, 1.807) is 7.11 Å². The van der Waals surface area contributed by atoms with Gasteiger partial charge in [0.05, 0.1) is 13.2 Å². The number of ether oxygens (including phenoxy) is 2. The minimum Gasteiger partial charge on any atom is -0.494 e. The van der Waals surface area contributed by atoms with Gasteiger partial charge in [0.2, 0.25) is 5.91 Å². The Morgan fingerprint density at radius 1 is 1.08 bits per heavy atom. The molecule has 0 aromatic heterocycles. The van der Waals surface area contributed by atoms with Gasteiger partial charge in [-0.3, -0.25) is 4.79 Å². The zero-order chi connectivity index (χ0) is 17.5. The second-order valence-corrected chi connectivity index (χ2v) is 5.84. The van der Waals surface area contributed by atoms with Crippen molar-refractivity contribution in [3.8, 4) is 5.75 Å². The molecule has 0 bridgehead atoms. The van der Waals surface area contributed by atoms with Gasteiger partial charge in [-0.05, 0) is 25.0 Å². The number of methoxy groups -OCH3 is 1. The molecule has 0 radical (unpaired) electrons. The average molecular weight is 336 g/mol. The molecule has 136 valence electrons. The molecule has 0 unspecified atom stereocenters. The van der Waals surface area contributed by atoms with Crippen molar-refractivity contribution < 1.29 is 14.3 Å². The van der Waals surface area contributed by atoms with Crippen LogP contribution in [0.5, 0.6) is 5.75 Å². The topological polar surface area (TPSA) is 59.6 Å². The summed E-state index contributed by atoms with van der Waals surface area (Å²) in [6, 6.07) is 7.75. The fourth-order valence-corrected chi connectivity index (χ4v) is 2.28. The Labute approximate surface area is 146 Å². The largest absolute Gasteiger partial charge is 0.494 e. The van der Waals surface area contributed by atoms with Gasteiger partial charge < -0.3 is 20.1 Å². The Morgan fingerprint density at radius 2 is 1.92 bits per heavy atom. The molecule has 0 aliphatic carbocycles. The van der Waals surface area contributed by atoms with E-state index in [1.807, 2.05) is 24.3 Å². The molecule has 5 nitrogen and oxygen atoms in total. The van der Waals surface area contributed by atoms with E-state index in [2.05, 4.69) is 17.6 Å². The van der Waals surface area contributed by atoms with E-state index in [4.69, 9.17) is 9.47 Å². The van der Waals surface area contributed by atoms with Crippen molar-refractivity contribution >= 4 is 11.6 Å². The number of hydrogen-bond acceptors (Lipinski definition) is 4. The number of carbonyl (C=O) groups excluding carboxylic acids is 1. The lowest BCUT2D eigenvalue weighted by atomic mass is 10.2. The molecule has 1 aromatic carbocycles. The molecule has 0 saturated carbocycles. The molecule has 0 aliphatic rings. The molecule has 0 aliphatic heterocycles. The van der Waals surface area contributed by atoms with Gasteiger partial charge in [0.15, 0.2) is 0 Å². The zero-order valence-electron chi connectivity index (χ0n) is 15.1. The van der Waals surface area contributed by atoms with Crippen LogP contribution in [-0.2, 0) is 9.53 Å². The lowest BCUT2D eigenvalue weighted by Crippen LogP contribution is -2.31. The predicted molar refractivity (Wildman–Crippen MR) is 98.7 cm³/mol. The van der Waals surface area contributed by atoms with Gasteiger partial charge in [-0.25, -0.2) is 0 Å². The van der Waals surface area contributed by atoms with Crippen LogP contribution in [0, 0.1) is 0 Å². The smallest absolute Gasteiger partial charge is 0.239 e. The van der Waals surface area contributed by atoms with Gasteiger partial charge in [0.25, 0.3) is 0 Å². The molecule has 0 heterocycles.